The second-order valence-electron chi connectivity index (χ2n) is 8.49. The summed E-state index contributed by atoms with van der Waals surface area (Å²) in [7, 11) is 1.29. The summed E-state index contributed by atoms with van der Waals surface area (Å²) in [5, 5.41) is 1.99. The number of nitrogens with zero attached hydrogens (tertiary/aromatic N) is 2. The molecule has 0 aliphatic carbocycles. The molecule has 1 aromatic heterocycles. The molecule has 2 aliphatic rings. The third-order valence-corrected chi connectivity index (χ3v) is 7.76. The van der Waals surface area contributed by atoms with Gasteiger partial charge in [0.1, 0.15) is 10.9 Å². The second-order valence-corrected chi connectivity index (χ2v) is 9.69. The van der Waals surface area contributed by atoms with Crippen LogP contribution in [-0.4, -0.2) is 31.0 Å². The van der Waals surface area contributed by atoms with Gasteiger partial charge in [-0.15, -0.1) is 11.3 Å². The lowest BCUT2D eigenvalue weighted by Gasteiger charge is -2.29. The van der Waals surface area contributed by atoms with Crippen molar-refractivity contribution in [3.8, 4) is 0 Å². The Kier molecular flexibility index (Phi) is 5.50. The Morgan fingerprint density at radius 3 is 2.32 bits per heavy atom. The smallest absolute Gasteiger partial charge is 0.341 e. The molecule has 2 saturated heterocycles. The number of carbonyl (C=O) groups excluding carboxylic acids is 3. The Labute approximate surface area is 201 Å². The van der Waals surface area contributed by atoms with Crippen LogP contribution in [0.3, 0.4) is 0 Å². The number of hydrogen-bond acceptors (Lipinski definition) is 7. The zero-order chi connectivity index (χ0) is 24.1. The highest BCUT2D eigenvalue weighted by molar-refractivity contribution is 7.17. The van der Waals surface area contributed by atoms with Crippen molar-refractivity contribution in [1.82, 2.24) is 0 Å². The van der Waals surface area contributed by atoms with Crippen LogP contribution in [0.1, 0.15) is 38.0 Å². The molecule has 0 N–H and O–H groups in total. The van der Waals surface area contributed by atoms with Gasteiger partial charge in [0.15, 0.2) is 6.10 Å². The first-order valence-corrected chi connectivity index (χ1v) is 11.8. The lowest BCUT2D eigenvalue weighted by atomic mass is 9.90. The van der Waals surface area contributed by atoms with Crippen LogP contribution >= 0.6 is 11.3 Å². The van der Waals surface area contributed by atoms with E-state index in [9.17, 15) is 14.4 Å². The van der Waals surface area contributed by atoms with Gasteiger partial charge in [0.2, 0.25) is 5.91 Å². The number of rotatable bonds is 4. The van der Waals surface area contributed by atoms with Crippen LogP contribution in [0.2, 0.25) is 0 Å². The lowest BCUT2D eigenvalue weighted by molar-refractivity contribution is -0.126. The van der Waals surface area contributed by atoms with Crippen LogP contribution in [0.25, 0.3) is 0 Å². The van der Waals surface area contributed by atoms with Crippen molar-refractivity contribution in [3.63, 3.8) is 0 Å². The van der Waals surface area contributed by atoms with Crippen LogP contribution < -0.4 is 9.96 Å². The minimum absolute atomic E-state index is 0.249. The zero-order valence-electron chi connectivity index (χ0n) is 19.3. The number of para-hydroxylation sites is 1. The number of anilines is 2. The zero-order valence-corrected chi connectivity index (χ0v) is 20.1. The summed E-state index contributed by atoms with van der Waals surface area (Å²) in [5.74, 6) is -2.19. The molecule has 3 atom stereocenters. The van der Waals surface area contributed by atoms with Crippen LogP contribution in [0.4, 0.5) is 10.7 Å². The van der Waals surface area contributed by atoms with Crippen molar-refractivity contribution in [3.05, 3.63) is 81.7 Å². The summed E-state index contributed by atoms with van der Waals surface area (Å²) >= 11 is 1.24. The highest BCUT2D eigenvalue weighted by Crippen LogP contribution is 2.50. The molecule has 8 heteroatoms. The summed E-state index contributed by atoms with van der Waals surface area (Å²) in [6, 6.07) is 16.8. The van der Waals surface area contributed by atoms with Crippen molar-refractivity contribution in [2.75, 3.05) is 17.1 Å². The third-order valence-electron chi connectivity index (χ3n) is 6.57. The van der Waals surface area contributed by atoms with E-state index in [2.05, 4.69) is 0 Å². The molecule has 0 radical (unpaired) electrons. The van der Waals surface area contributed by atoms with E-state index in [0.29, 0.717) is 10.6 Å². The molecule has 0 unspecified atom stereocenters. The minimum atomic E-state index is -0.995. The quantitative estimate of drug-likeness (QED) is 0.407. The fraction of sp³-hybridized carbons (Fsp3) is 0.269. The Balaban J connectivity index is 1.62. The van der Waals surface area contributed by atoms with Gasteiger partial charge in [0, 0.05) is 4.88 Å². The van der Waals surface area contributed by atoms with Gasteiger partial charge in [-0.05, 0) is 43.5 Å². The highest BCUT2D eigenvalue weighted by atomic mass is 32.1. The monoisotopic (exact) mass is 476 g/mol. The predicted molar refractivity (Wildman–Crippen MR) is 129 cm³/mol. The van der Waals surface area contributed by atoms with Gasteiger partial charge in [-0.25, -0.2) is 14.8 Å². The SMILES string of the molecule is COC(=O)c1c(N2C(=O)[C@@H]3[C@@H](c4ccccc4)N(c4ccccc4C)O[C@H]3C2=O)sc(C)c1C. The van der Waals surface area contributed by atoms with E-state index in [1.165, 1.54) is 18.4 Å². The van der Waals surface area contributed by atoms with E-state index < -0.39 is 29.9 Å². The van der Waals surface area contributed by atoms with Crippen molar-refractivity contribution < 1.29 is 24.0 Å². The third kappa shape index (κ3) is 3.25. The molecule has 2 aromatic carbocycles. The number of hydrogen-bond donors (Lipinski definition) is 0. The average molecular weight is 477 g/mol. The van der Waals surface area contributed by atoms with Crippen molar-refractivity contribution in [1.29, 1.82) is 0 Å². The number of imide groups is 1. The number of amides is 2. The van der Waals surface area contributed by atoms with Crippen molar-refractivity contribution in [2.45, 2.75) is 32.9 Å². The Morgan fingerprint density at radius 1 is 0.971 bits per heavy atom. The first-order valence-electron chi connectivity index (χ1n) is 11.0. The van der Waals surface area contributed by atoms with Crippen LogP contribution in [0.15, 0.2) is 54.6 Å². The number of aryl methyl sites for hydroxylation is 2. The normalized spacial score (nSPS) is 21.8. The molecule has 0 saturated carbocycles. The van der Waals surface area contributed by atoms with Gasteiger partial charge in [-0.1, -0.05) is 48.5 Å². The van der Waals surface area contributed by atoms with Crippen LogP contribution in [0.5, 0.6) is 0 Å². The van der Waals surface area contributed by atoms with Gasteiger partial charge in [-0.3, -0.25) is 14.4 Å². The Bertz CT molecular complexity index is 1300. The van der Waals surface area contributed by atoms with E-state index in [1.807, 2.05) is 68.4 Å². The lowest BCUT2D eigenvalue weighted by Crippen LogP contribution is -2.37. The molecule has 3 heterocycles. The first-order chi connectivity index (χ1) is 16.3. The van der Waals surface area contributed by atoms with Gasteiger partial charge < -0.3 is 4.74 Å². The summed E-state index contributed by atoms with van der Waals surface area (Å²) < 4.78 is 4.95. The molecule has 5 rings (SSSR count). The minimum Gasteiger partial charge on any atom is -0.465 e. The van der Waals surface area contributed by atoms with Crippen molar-refractivity contribution >= 4 is 39.8 Å². The first kappa shape index (κ1) is 22.3. The molecule has 174 valence electrons. The van der Waals surface area contributed by atoms with Crippen LogP contribution in [0, 0.1) is 26.7 Å². The van der Waals surface area contributed by atoms with E-state index in [0.717, 1.165) is 26.6 Å². The van der Waals surface area contributed by atoms with E-state index >= 15 is 0 Å². The van der Waals surface area contributed by atoms with E-state index in [-0.39, 0.29) is 11.5 Å². The molecule has 0 spiro atoms. The number of fused-ring (bicyclic) bond motifs is 1. The van der Waals surface area contributed by atoms with Gasteiger partial charge in [0.05, 0.1) is 24.4 Å². The van der Waals surface area contributed by atoms with Crippen molar-refractivity contribution in [2.24, 2.45) is 5.92 Å². The second kappa shape index (κ2) is 8.38. The topological polar surface area (TPSA) is 76.2 Å². The number of methoxy groups -OCH3 is 1. The van der Waals surface area contributed by atoms with Crippen LogP contribution in [-0.2, 0) is 19.2 Å². The van der Waals surface area contributed by atoms with Gasteiger partial charge in [-0.2, -0.15) is 0 Å². The molecular weight excluding hydrogens is 452 g/mol. The summed E-state index contributed by atoms with van der Waals surface area (Å²) in [5.41, 5.74) is 3.59. The maximum absolute atomic E-state index is 13.9. The number of benzene rings is 2. The molecule has 2 aliphatic heterocycles. The number of carbonyl (C=O) groups is 3. The number of thiophene rings is 1. The molecule has 34 heavy (non-hydrogen) atoms. The fourth-order valence-electron chi connectivity index (χ4n) is 4.73. The summed E-state index contributed by atoms with van der Waals surface area (Å²) in [6.45, 7) is 5.60. The maximum atomic E-state index is 13.9. The molecule has 3 aromatic rings. The standard InChI is InChI=1S/C26H24N2O5S/c1-14-10-8-9-13-18(14)28-21(17-11-6-5-7-12-17)20-22(33-28)24(30)27(23(20)29)25-19(26(31)32-4)15(2)16(3)34-25/h5-13,20-22H,1-4H3/t20-,21-,22-/m1/s1. The van der Waals surface area contributed by atoms with Gasteiger partial charge >= 0.3 is 5.97 Å². The molecule has 7 nitrogen and oxygen atoms in total. The highest BCUT2D eigenvalue weighted by Gasteiger charge is 2.61. The molecule has 2 amide bonds. The summed E-state index contributed by atoms with van der Waals surface area (Å²) in [6.07, 6.45) is -0.995. The van der Waals surface area contributed by atoms with E-state index in [4.69, 9.17) is 9.57 Å². The Hall–Kier alpha value is -3.49. The number of ether oxygens (including phenoxy) is 1. The Morgan fingerprint density at radius 2 is 1.65 bits per heavy atom. The largest absolute Gasteiger partial charge is 0.465 e. The summed E-state index contributed by atoms with van der Waals surface area (Å²) in [4.78, 5) is 48.2. The average Bonchev–Trinajstić information content (AvgIpc) is 3.44. The molecular formula is C26H24N2O5S. The molecule has 2 fully saturated rings. The maximum Gasteiger partial charge on any atom is 0.341 e. The predicted octanol–water partition coefficient (Wildman–Crippen LogP) is 4.51. The number of esters is 1. The molecule has 0 bridgehead atoms. The fourth-order valence-corrected chi connectivity index (χ4v) is 5.89. The van der Waals surface area contributed by atoms with Gasteiger partial charge in [0.25, 0.3) is 5.91 Å². The number of hydroxylamine groups is 1. The van der Waals surface area contributed by atoms with E-state index in [1.54, 1.807) is 12.0 Å².